The average molecular weight is 499 g/mol. The molecule has 8 nitrogen and oxygen atoms in total. The Morgan fingerprint density at radius 3 is 2.42 bits per heavy atom. The maximum atomic E-state index is 13.4. The molecule has 1 aliphatic carbocycles. The van der Waals surface area contributed by atoms with Gasteiger partial charge >= 0.3 is 17.8 Å². The summed E-state index contributed by atoms with van der Waals surface area (Å²) in [6, 6.07) is 8.21. The number of aromatic carboxylic acids is 1. The van der Waals surface area contributed by atoms with E-state index in [0.717, 1.165) is 16.8 Å². The van der Waals surface area contributed by atoms with Gasteiger partial charge in [0.25, 0.3) is 5.56 Å². The van der Waals surface area contributed by atoms with Crippen LogP contribution in [0.4, 0.5) is 18.9 Å². The van der Waals surface area contributed by atoms with E-state index in [2.05, 4.69) is 0 Å². The van der Waals surface area contributed by atoms with Crippen LogP contribution in [-0.4, -0.2) is 33.2 Å². The van der Waals surface area contributed by atoms with Gasteiger partial charge in [0.15, 0.2) is 0 Å². The first-order valence-corrected chi connectivity index (χ1v) is 11.1. The Morgan fingerprint density at radius 1 is 1.11 bits per heavy atom. The summed E-state index contributed by atoms with van der Waals surface area (Å²) in [7, 11) is 1.65. The molecule has 1 aliphatic heterocycles. The number of hydrogen-bond donors (Lipinski definition) is 1. The molecule has 36 heavy (non-hydrogen) atoms. The van der Waals surface area contributed by atoms with Crippen molar-refractivity contribution in [2.45, 2.75) is 37.9 Å². The molecule has 11 heteroatoms. The van der Waals surface area contributed by atoms with E-state index in [4.69, 9.17) is 0 Å². The summed E-state index contributed by atoms with van der Waals surface area (Å²) in [6.07, 6.45) is -2.43. The number of benzene rings is 2. The third-order valence-corrected chi connectivity index (χ3v) is 7.08. The van der Waals surface area contributed by atoms with Gasteiger partial charge in [0.2, 0.25) is 5.91 Å². The number of likely N-dealkylation sites (N-methyl/N-ethyl adjacent to an activating group) is 1. The van der Waals surface area contributed by atoms with Gasteiger partial charge in [-0.05, 0) is 60.7 Å². The Morgan fingerprint density at radius 2 is 1.81 bits per heavy atom. The zero-order valence-electron chi connectivity index (χ0n) is 19.2. The fourth-order valence-corrected chi connectivity index (χ4v) is 4.91. The quantitative estimate of drug-likeness (QED) is 0.595. The number of alkyl halides is 3. The van der Waals surface area contributed by atoms with Crippen LogP contribution < -0.4 is 16.1 Å². The van der Waals surface area contributed by atoms with E-state index in [1.54, 1.807) is 19.2 Å². The van der Waals surface area contributed by atoms with Crippen LogP contribution in [0.2, 0.25) is 0 Å². The van der Waals surface area contributed by atoms with Crippen LogP contribution in [0, 0.1) is 6.92 Å². The van der Waals surface area contributed by atoms with E-state index in [-0.39, 0.29) is 22.7 Å². The summed E-state index contributed by atoms with van der Waals surface area (Å²) in [4.78, 5) is 52.4. The van der Waals surface area contributed by atoms with Crippen molar-refractivity contribution in [3.8, 4) is 5.69 Å². The lowest BCUT2D eigenvalue weighted by molar-refractivity contribution is -0.138. The highest BCUT2D eigenvalue weighted by atomic mass is 19.4. The molecule has 3 aromatic rings. The predicted octanol–water partition coefficient (Wildman–Crippen LogP) is 3.08. The number of aromatic nitrogens is 2. The van der Waals surface area contributed by atoms with Crippen LogP contribution in [0.25, 0.3) is 5.69 Å². The summed E-state index contributed by atoms with van der Waals surface area (Å²) in [5.74, 6) is -1.64. The van der Waals surface area contributed by atoms with Gasteiger partial charge in [-0.2, -0.15) is 13.2 Å². The molecule has 2 aromatic carbocycles. The number of hydrogen-bond acceptors (Lipinski definition) is 4. The number of carboxylic acids is 1. The lowest BCUT2D eigenvalue weighted by Gasteiger charge is -2.16. The molecule has 1 spiro atoms. The van der Waals surface area contributed by atoms with Gasteiger partial charge in [-0.1, -0.05) is 12.1 Å². The zero-order valence-corrected chi connectivity index (χ0v) is 19.2. The molecular weight excluding hydrogens is 479 g/mol. The standard InChI is InChI=1S/C25H20F3N3O5/c1-13-14(4-3-5-17(13)25(26,27)28)11-31-20(32)16(21(33)34)12-30(23(31)36)15-6-7-19-18(10-15)24(8-9-24)22(35)29(19)2/h3-7,10,12H,8-9,11H2,1-2H3,(H,33,34). The fourth-order valence-electron chi connectivity index (χ4n) is 4.91. The predicted molar refractivity (Wildman–Crippen MR) is 123 cm³/mol. The largest absolute Gasteiger partial charge is 0.477 e. The van der Waals surface area contributed by atoms with Crippen LogP contribution in [-0.2, 0) is 22.9 Å². The Hall–Kier alpha value is -4.15. The first-order chi connectivity index (χ1) is 16.9. The van der Waals surface area contributed by atoms with Crippen LogP contribution in [0.5, 0.6) is 0 Å². The number of anilines is 1. The first-order valence-electron chi connectivity index (χ1n) is 11.1. The summed E-state index contributed by atoms with van der Waals surface area (Å²) in [5, 5.41) is 9.61. The van der Waals surface area contributed by atoms with E-state index >= 15 is 0 Å². The van der Waals surface area contributed by atoms with E-state index in [0.29, 0.717) is 28.7 Å². The number of nitrogens with zero attached hydrogens (tertiary/aromatic N) is 3. The minimum Gasteiger partial charge on any atom is -0.477 e. The molecule has 1 fully saturated rings. The van der Waals surface area contributed by atoms with Gasteiger partial charge in [-0.3, -0.25) is 18.7 Å². The van der Waals surface area contributed by atoms with Crippen LogP contribution >= 0.6 is 0 Å². The van der Waals surface area contributed by atoms with E-state index in [9.17, 15) is 37.5 Å². The Kier molecular flexibility index (Phi) is 5.03. The maximum Gasteiger partial charge on any atom is 0.416 e. The zero-order chi connectivity index (χ0) is 26.2. The van der Waals surface area contributed by atoms with Gasteiger partial charge in [0.05, 0.1) is 23.2 Å². The van der Waals surface area contributed by atoms with Crippen molar-refractivity contribution in [2.75, 3.05) is 11.9 Å². The van der Waals surface area contributed by atoms with Crippen molar-refractivity contribution in [1.29, 1.82) is 0 Å². The second kappa shape index (κ2) is 7.67. The third kappa shape index (κ3) is 3.37. The minimum atomic E-state index is -4.64. The number of carboxylic acid groups (broad SMARTS) is 1. The Labute approximate surface area is 201 Å². The van der Waals surface area contributed by atoms with Crippen LogP contribution in [0.1, 0.15) is 45.5 Å². The van der Waals surface area contributed by atoms with Crippen LogP contribution in [0.3, 0.4) is 0 Å². The summed E-state index contributed by atoms with van der Waals surface area (Å²) in [6.45, 7) is 0.677. The lowest BCUT2D eigenvalue weighted by Crippen LogP contribution is -2.42. The molecule has 186 valence electrons. The molecular formula is C25H20F3N3O5. The highest BCUT2D eigenvalue weighted by Crippen LogP contribution is 2.57. The third-order valence-electron chi connectivity index (χ3n) is 7.08. The monoisotopic (exact) mass is 499 g/mol. The van der Waals surface area contributed by atoms with Gasteiger partial charge < -0.3 is 10.0 Å². The van der Waals surface area contributed by atoms with Crippen LogP contribution in [0.15, 0.2) is 52.2 Å². The Balaban J connectivity index is 1.68. The van der Waals surface area contributed by atoms with Gasteiger partial charge in [-0.25, -0.2) is 9.59 Å². The molecule has 0 bridgehead atoms. The molecule has 0 radical (unpaired) electrons. The molecule has 0 atom stereocenters. The number of carbonyl (C=O) groups is 2. The molecule has 1 aromatic heterocycles. The number of halogens is 3. The number of fused-ring (bicyclic) bond motifs is 2. The second-order valence-corrected chi connectivity index (χ2v) is 9.13. The summed E-state index contributed by atoms with van der Waals surface area (Å²) < 4.78 is 41.7. The van der Waals surface area contributed by atoms with E-state index < -0.39 is 46.5 Å². The van der Waals surface area contributed by atoms with Crippen molar-refractivity contribution in [3.63, 3.8) is 0 Å². The Bertz CT molecular complexity index is 1580. The van der Waals surface area contributed by atoms with Crippen molar-refractivity contribution in [3.05, 3.63) is 91.3 Å². The molecule has 5 rings (SSSR count). The topological polar surface area (TPSA) is 102 Å². The molecule has 1 amide bonds. The maximum absolute atomic E-state index is 13.4. The highest BCUT2D eigenvalue weighted by Gasteiger charge is 2.58. The molecule has 2 heterocycles. The van der Waals surface area contributed by atoms with Gasteiger partial charge in [0, 0.05) is 18.9 Å². The van der Waals surface area contributed by atoms with Crippen molar-refractivity contribution >= 4 is 17.6 Å². The second-order valence-electron chi connectivity index (χ2n) is 9.13. The molecule has 1 saturated carbocycles. The SMILES string of the molecule is Cc1c(Cn2c(=O)c(C(=O)O)cn(-c3ccc4c(c3)C3(CC3)C(=O)N4C)c2=O)cccc1C(F)(F)F. The molecule has 1 N–H and O–H groups in total. The van der Waals surface area contributed by atoms with Gasteiger partial charge in [-0.15, -0.1) is 0 Å². The number of amides is 1. The normalized spacial score (nSPS) is 15.9. The lowest BCUT2D eigenvalue weighted by atomic mass is 9.97. The van der Waals surface area contributed by atoms with Gasteiger partial charge in [0.1, 0.15) is 5.56 Å². The summed E-state index contributed by atoms with van der Waals surface area (Å²) in [5.41, 5.74) is -2.82. The number of rotatable bonds is 4. The van der Waals surface area contributed by atoms with Crippen molar-refractivity contribution in [2.24, 2.45) is 0 Å². The summed E-state index contributed by atoms with van der Waals surface area (Å²) >= 11 is 0. The van der Waals surface area contributed by atoms with E-state index in [1.807, 2.05) is 0 Å². The number of carbonyl (C=O) groups excluding carboxylic acids is 1. The highest BCUT2D eigenvalue weighted by molar-refractivity contribution is 6.10. The van der Waals surface area contributed by atoms with E-state index in [1.165, 1.54) is 30.0 Å². The smallest absolute Gasteiger partial charge is 0.416 e. The fraction of sp³-hybridized carbons (Fsp3) is 0.280. The molecule has 0 unspecified atom stereocenters. The van der Waals surface area contributed by atoms with Crippen molar-refractivity contribution < 1.29 is 27.9 Å². The molecule has 2 aliphatic rings. The minimum absolute atomic E-state index is 0.0521. The first kappa shape index (κ1) is 23.6. The van der Waals surface area contributed by atoms with Crippen molar-refractivity contribution in [1.82, 2.24) is 9.13 Å². The average Bonchev–Trinajstić information content (AvgIpc) is 3.59. The molecule has 0 saturated heterocycles.